The molecule has 2 N–H and O–H groups in total. The third-order valence-corrected chi connectivity index (χ3v) is 6.09. The third kappa shape index (κ3) is 6.89. The van der Waals surface area contributed by atoms with Crippen LogP contribution in [0.15, 0.2) is 41.3 Å². The molecule has 2 aromatic carbocycles. The molecule has 0 aromatic heterocycles. The van der Waals surface area contributed by atoms with E-state index in [1.165, 1.54) is 24.3 Å². The summed E-state index contributed by atoms with van der Waals surface area (Å²) in [5.74, 6) is -0.449. The van der Waals surface area contributed by atoms with Gasteiger partial charge in [-0.3, -0.25) is 9.52 Å². The second-order valence-corrected chi connectivity index (χ2v) is 9.24. The Labute approximate surface area is 181 Å². The minimum absolute atomic E-state index is 0.0770. The summed E-state index contributed by atoms with van der Waals surface area (Å²) < 4.78 is 33.3. The normalized spacial score (nSPS) is 11.5. The summed E-state index contributed by atoms with van der Waals surface area (Å²) >= 11 is 12.2. The Balaban J connectivity index is 2.11. The van der Waals surface area contributed by atoms with Gasteiger partial charge in [0.15, 0.2) is 0 Å². The van der Waals surface area contributed by atoms with E-state index in [0.29, 0.717) is 30.3 Å². The van der Waals surface area contributed by atoms with Crippen molar-refractivity contribution in [1.29, 1.82) is 0 Å². The van der Waals surface area contributed by atoms with E-state index in [1.54, 1.807) is 12.1 Å². The van der Waals surface area contributed by atoms with Crippen LogP contribution in [-0.2, 0) is 14.8 Å². The van der Waals surface area contributed by atoms with E-state index in [0.717, 1.165) is 5.56 Å². The van der Waals surface area contributed by atoms with Gasteiger partial charge in [0.2, 0.25) is 0 Å². The molecule has 0 aliphatic heterocycles. The Hall–Kier alpha value is -1.80. The number of benzene rings is 2. The molecular formula is C20H24Cl2N2O4S. The number of rotatable bonds is 9. The molecule has 0 aliphatic rings. The van der Waals surface area contributed by atoms with Crippen LogP contribution in [0.25, 0.3) is 0 Å². The zero-order valence-corrected chi connectivity index (χ0v) is 18.8. The molecule has 0 bridgehead atoms. The van der Waals surface area contributed by atoms with Gasteiger partial charge in [-0.05, 0) is 63.1 Å². The lowest BCUT2D eigenvalue weighted by Crippen LogP contribution is -2.26. The Morgan fingerprint density at radius 2 is 1.83 bits per heavy atom. The molecule has 0 saturated carbocycles. The van der Waals surface area contributed by atoms with Crippen LogP contribution < -0.4 is 10.0 Å². The van der Waals surface area contributed by atoms with Crippen molar-refractivity contribution in [1.82, 2.24) is 5.32 Å². The highest BCUT2D eigenvalue weighted by atomic mass is 35.5. The second kappa shape index (κ2) is 10.3. The molecule has 9 heteroatoms. The predicted molar refractivity (Wildman–Crippen MR) is 116 cm³/mol. The molecule has 158 valence electrons. The van der Waals surface area contributed by atoms with Gasteiger partial charge in [0.05, 0.1) is 27.3 Å². The number of nitrogens with one attached hydrogen (secondary N) is 2. The summed E-state index contributed by atoms with van der Waals surface area (Å²) in [6.45, 7) is 6.59. The fraction of sp³-hybridized carbons (Fsp3) is 0.350. The molecule has 0 spiro atoms. The Morgan fingerprint density at radius 3 is 2.48 bits per heavy atom. The van der Waals surface area contributed by atoms with E-state index < -0.39 is 15.9 Å². The average Bonchev–Trinajstić information content (AvgIpc) is 2.64. The summed E-state index contributed by atoms with van der Waals surface area (Å²) in [5.41, 5.74) is 1.24. The number of halogens is 2. The zero-order valence-electron chi connectivity index (χ0n) is 16.5. The highest BCUT2D eigenvalue weighted by Crippen LogP contribution is 2.25. The van der Waals surface area contributed by atoms with Gasteiger partial charge in [-0.25, -0.2) is 8.42 Å². The number of carbonyl (C=O) groups excluding carboxylic acids is 1. The fourth-order valence-electron chi connectivity index (χ4n) is 2.40. The van der Waals surface area contributed by atoms with Crippen LogP contribution in [0.5, 0.6) is 0 Å². The smallest absolute Gasteiger partial charge is 0.261 e. The van der Waals surface area contributed by atoms with Crippen LogP contribution >= 0.6 is 23.2 Å². The molecule has 0 saturated heterocycles. The maximum atomic E-state index is 12.7. The summed E-state index contributed by atoms with van der Waals surface area (Å²) in [4.78, 5) is 12.3. The van der Waals surface area contributed by atoms with Gasteiger partial charge in [-0.2, -0.15) is 0 Å². The lowest BCUT2D eigenvalue weighted by molar-refractivity contribution is 0.0757. The first-order chi connectivity index (χ1) is 13.6. The second-order valence-electron chi connectivity index (χ2n) is 6.74. The molecular weight excluding hydrogens is 435 g/mol. The largest absolute Gasteiger partial charge is 0.379 e. The van der Waals surface area contributed by atoms with E-state index in [4.69, 9.17) is 27.9 Å². The molecule has 0 aliphatic carbocycles. The molecule has 0 heterocycles. The summed E-state index contributed by atoms with van der Waals surface area (Å²) in [5, 5.41) is 3.33. The van der Waals surface area contributed by atoms with Crippen LogP contribution in [0.4, 0.5) is 5.69 Å². The minimum atomic E-state index is -3.92. The van der Waals surface area contributed by atoms with E-state index in [-0.39, 0.29) is 21.6 Å². The van der Waals surface area contributed by atoms with Gasteiger partial charge >= 0.3 is 0 Å². The lowest BCUT2D eigenvalue weighted by Gasteiger charge is -2.12. The number of hydrogen-bond acceptors (Lipinski definition) is 4. The number of amides is 1. The SMILES string of the molecule is Cc1ccc(NS(=O)(=O)c2ccc(Cl)c(C(=O)NCCCOC(C)C)c2)cc1Cl. The van der Waals surface area contributed by atoms with Gasteiger partial charge in [-0.15, -0.1) is 0 Å². The van der Waals surface area contributed by atoms with Gasteiger partial charge < -0.3 is 10.1 Å². The standard InChI is InChI=1S/C20H24Cl2N2O4S/c1-13(2)28-10-4-9-23-20(25)17-12-16(7-8-18(17)21)29(26,27)24-15-6-5-14(3)19(22)11-15/h5-8,11-13,24H,4,9-10H2,1-3H3,(H,23,25). The van der Waals surface area contributed by atoms with Crippen LogP contribution in [0.3, 0.4) is 0 Å². The van der Waals surface area contributed by atoms with E-state index in [9.17, 15) is 13.2 Å². The molecule has 0 fully saturated rings. The highest BCUT2D eigenvalue weighted by molar-refractivity contribution is 7.92. The van der Waals surface area contributed by atoms with Crippen molar-refractivity contribution in [2.45, 2.75) is 38.2 Å². The maximum Gasteiger partial charge on any atom is 0.261 e. The minimum Gasteiger partial charge on any atom is -0.379 e. The molecule has 6 nitrogen and oxygen atoms in total. The summed E-state index contributed by atoms with van der Waals surface area (Å²) in [6.07, 6.45) is 0.757. The monoisotopic (exact) mass is 458 g/mol. The van der Waals surface area contributed by atoms with Crippen molar-refractivity contribution in [3.8, 4) is 0 Å². The van der Waals surface area contributed by atoms with Crippen LogP contribution in [0.1, 0.15) is 36.2 Å². The summed E-state index contributed by atoms with van der Waals surface area (Å²) in [6, 6.07) is 8.83. The zero-order chi connectivity index (χ0) is 21.6. The van der Waals surface area contributed by atoms with E-state index >= 15 is 0 Å². The average molecular weight is 459 g/mol. The number of sulfonamides is 1. The lowest BCUT2D eigenvalue weighted by atomic mass is 10.2. The number of hydrogen-bond donors (Lipinski definition) is 2. The van der Waals surface area contributed by atoms with Crippen LogP contribution in [0.2, 0.25) is 10.0 Å². The van der Waals surface area contributed by atoms with Crippen molar-refractivity contribution in [3.63, 3.8) is 0 Å². The Kier molecular flexibility index (Phi) is 8.34. The molecule has 0 unspecified atom stereocenters. The van der Waals surface area contributed by atoms with Crippen molar-refractivity contribution >= 4 is 44.8 Å². The summed E-state index contributed by atoms with van der Waals surface area (Å²) in [7, 11) is -3.92. The maximum absolute atomic E-state index is 12.7. The first kappa shape index (κ1) is 23.5. The molecule has 29 heavy (non-hydrogen) atoms. The number of aryl methyl sites for hydroxylation is 1. The van der Waals surface area contributed by atoms with Crippen molar-refractivity contribution in [2.24, 2.45) is 0 Å². The van der Waals surface area contributed by atoms with Gasteiger partial charge in [-0.1, -0.05) is 29.3 Å². The Bertz CT molecular complexity index is 978. The van der Waals surface area contributed by atoms with Crippen molar-refractivity contribution < 1.29 is 17.9 Å². The number of anilines is 1. The fourth-order valence-corrected chi connectivity index (χ4v) is 3.86. The Morgan fingerprint density at radius 1 is 1.10 bits per heavy atom. The van der Waals surface area contributed by atoms with Gasteiger partial charge in [0, 0.05) is 18.2 Å². The number of carbonyl (C=O) groups is 1. The van der Waals surface area contributed by atoms with Crippen molar-refractivity contribution in [3.05, 3.63) is 57.6 Å². The first-order valence-corrected chi connectivity index (χ1v) is 11.3. The van der Waals surface area contributed by atoms with Crippen molar-refractivity contribution in [2.75, 3.05) is 17.9 Å². The molecule has 0 atom stereocenters. The topological polar surface area (TPSA) is 84.5 Å². The van der Waals surface area contributed by atoms with Crippen LogP contribution in [0, 0.1) is 6.92 Å². The molecule has 0 radical (unpaired) electrons. The van der Waals surface area contributed by atoms with Crippen LogP contribution in [-0.4, -0.2) is 33.6 Å². The molecule has 2 aromatic rings. The highest BCUT2D eigenvalue weighted by Gasteiger charge is 2.19. The van der Waals surface area contributed by atoms with E-state index in [2.05, 4.69) is 10.0 Å². The quantitative estimate of drug-likeness (QED) is 0.535. The van der Waals surface area contributed by atoms with Gasteiger partial charge in [0.1, 0.15) is 0 Å². The first-order valence-electron chi connectivity index (χ1n) is 9.08. The van der Waals surface area contributed by atoms with Gasteiger partial charge in [0.25, 0.3) is 15.9 Å². The molecule has 2 rings (SSSR count). The molecule has 1 amide bonds. The third-order valence-electron chi connectivity index (χ3n) is 3.97. The van der Waals surface area contributed by atoms with E-state index in [1.807, 2.05) is 20.8 Å². The predicted octanol–water partition coefficient (Wildman–Crippen LogP) is 4.65. The number of ether oxygens (including phenoxy) is 1.